The highest BCUT2D eigenvalue weighted by Gasteiger charge is 2.27. The standard InChI is InChI=1S/C25H33N3O4/c1-25(2,3)32-24(30)28-13-11-27(12-14-28)22-16-19(23(29)9-10-26(4)5)15-18-7-8-20(31-6)17-21(18)22/h7-10,15-17H,11-14H2,1-6H3/b10-9+. The number of ketones is 1. The number of hydrogen-bond donors (Lipinski definition) is 0. The summed E-state index contributed by atoms with van der Waals surface area (Å²) in [4.78, 5) is 31.0. The summed E-state index contributed by atoms with van der Waals surface area (Å²) in [7, 11) is 5.41. The van der Waals surface area contributed by atoms with Crippen LogP contribution in [-0.4, -0.2) is 74.7 Å². The first-order valence-electron chi connectivity index (χ1n) is 10.8. The van der Waals surface area contributed by atoms with E-state index in [0.717, 1.165) is 22.2 Å². The van der Waals surface area contributed by atoms with E-state index in [1.54, 1.807) is 24.3 Å². The molecule has 7 nitrogen and oxygen atoms in total. The van der Waals surface area contributed by atoms with Crippen LogP contribution in [0.5, 0.6) is 5.75 Å². The fourth-order valence-electron chi connectivity index (χ4n) is 3.62. The predicted octanol–water partition coefficient (Wildman–Crippen LogP) is 4.16. The highest BCUT2D eigenvalue weighted by atomic mass is 16.6. The van der Waals surface area contributed by atoms with Crippen molar-refractivity contribution in [2.75, 3.05) is 52.3 Å². The lowest BCUT2D eigenvalue weighted by Crippen LogP contribution is -2.50. The molecule has 0 N–H and O–H groups in total. The molecule has 1 aliphatic rings. The second kappa shape index (κ2) is 9.51. The largest absolute Gasteiger partial charge is 0.497 e. The number of ether oxygens (including phenoxy) is 2. The van der Waals surface area contributed by atoms with Crippen LogP contribution in [0.25, 0.3) is 10.8 Å². The maximum atomic E-state index is 12.8. The number of benzene rings is 2. The Morgan fingerprint density at radius 2 is 1.72 bits per heavy atom. The van der Waals surface area contributed by atoms with Gasteiger partial charge in [-0.1, -0.05) is 6.07 Å². The third kappa shape index (κ3) is 5.72. The number of anilines is 1. The van der Waals surface area contributed by atoms with Gasteiger partial charge in [-0.15, -0.1) is 0 Å². The fourth-order valence-corrected chi connectivity index (χ4v) is 3.62. The average molecular weight is 440 g/mol. The van der Waals surface area contributed by atoms with Gasteiger partial charge in [0, 0.05) is 69.2 Å². The second-order valence-corrected chi connectivity index (χ2v) is 9.18. The molecule has 1 heterocycles. The van der Waals surface area contributed by atoms with Gasteiger partial charge >= 0.3 is 6.09 Å². The van der Waals surface area contributed by atoms with Crippen molar-refractivity contribution in [3.8, 4) is 5.75 Å². The van der Waals surface area contributed by atoms with E-state index in [1.807, 2.05) is 70.1 Å². The molecule has 1 aliphatic heterocycles. The van der Waals surface area contributed by atoms with Gasteiger partial charge in [0.25, 0.3) is 0 Å². The number of amides is 1. The van der Waals surface area contributed by atoms with Crippen molar-refractivity contribution >= 4 is 28.3 Å². The van der Waals surface area contributed by atoms with E-state index in [4.69, 9.17) is 9.47 Å². The molecular formula is C25H33N3O4. The first kappa shape index (κ1) is 23.4. The van der Waals surface area contributed by atoms with E-state index in [-0.39, 0.29) is 11.9 Å². The predicted molar refractivity (Wildman–Crippen MR) is 128 cm³/mol. The van der Waals surface area contributed by atoms with Crippen LogP contribution in [0, 0.1) is 0 Å². The number of rotatable bonds is 5. The maximum Gasteiger partial charge on any atom is 0.410 e. The van der Waals surface area contributed by atoms with Crippen LogP contribution in [0.4, 0.5) is 10.5 Å². The third-order valence-electron chi connectivity index (χ3n) is 5.22. The molecule has 1 amide bonds. The highest BCUT2D eigenvalue weighted by molar-refractivity contribution is 6.09. The van der Waals surface area contributed by atoms with Crippen molar-refractivity contribution in [3.05, 3.63) is 48.2 Å². The zero-order valence-electron chi connectivity index (χ0n) is 19.8. The molecule has 2 aromatic rings. The fraction of sp³-hybridized carbons (Fsp3) is 0.440. The molecule has 3 rings (SSSR count). The van der Waals surface area contributed by atoms with Gasteiger partial charge < -0.3 is 24.2 Å². The van der Waals surface area contributed by atoms with Crippen LogP contribution in [-0.2, 0) is 4.74 Å². The molecule has 0 unspecified atom stereocenters. The van der Waals surface area contributed by atoms with Crippen LogP contribution >= 0.6 is 0 Å². The van der Waals surface area contributed by atoms with Crippen molar-refractivity contribution < 1.29 is 19.1 Å². The van der Waals surface area contributed by atoms with Crippen LogP contribution < -0.4 is 9.64 Å². The Labute approximate surface area is 190 Å². The van der Waals surface area contributed by atoms with E-state index >= 15 is 0 Å². The monoisotopic (exact) mass is 439 g/mol. The smallest absolute Gasteiger partial charge is 0.410 e. The molecule has 0 bridgehead atoms. The molecule has 2 aromatic carbocycles. The lowest BCUT2D eigenvalue weighted by atomic mass is 10.0. The van der Waals surface area contributed by atoms with Crippen LogP contribution in [0.15, 0.2) is 42.6 Å². The summed E-state index contributed by atoms with van der Waals surface area (Å²) in [6, 6.07) is 9.72. The minimum absolute atomic E-state index is 0.0509. The number of piperazine rings is 1. The Balaban J connectivity index is 1.90. The van der Waals surface area contributed by atoms with Crippen molar-refractivity contribution in [2.24, 2.45) is 0 Å². The number of methoxy groups -OCH3 is 1. The first-order chi connectivity index (χ1) is 15.1. The molecule has 1 fully saturated rings. The number of nitrogens with zero attached hydrogens (tertiary/aromatic N) is 3. The third-order valence-corrected chi connectivity index (χ3v) is 5.22. The molecule has 0 aliphatic carbocycles. The number of allylic oxidation sites excluding steroid dienone is 1. The summed E-state index contributed by atoms with van der Waals surface area (Å²) in [6.07, 6.45) is 3.04. The molecule has 1 saturated heterocycles. The normalized spacial score (nSPS) is 14.7. The SMILES string of the molecule is COc1ccc2cc(C(=O)/C=C/N(C)C)cc(N3CCN(C(=O)OC(C)(C)C)CC3)c2c1. The van der Waals surface area contributed by atoms with Crippen LogP contribution in [0.3, 0.4) is 0 Å². The maximum absolute atomic E-state index is 12.8. The molecular weight excluding hydrogens is 406 g/mol. The van der Waals surface area contributed by atoms with Gasteiger partial charge in [0.05, 0.1) is 7.11 Å². The van der Waals surface area contributed by atoms with Gasteiger partial charge in [-0.3, -0.25) is 4.79 Å². The quantitative estimate of drug-likeness (QED) is 0.515. The molecule has 0 aromatic heterocycles. The summed E-state index contributed by atoms with van der Waals surface area (Å²) in [5, 5.41) is 1.99. The Morgan fingerprint density at radius 1 is 1.03 bits per heavy atom. The lowest BCUT2D eigenvalue weighted by molar-refractivity contribution is 0.0240. The van der Waals surface area contributed by atoms with Gasteiger partial charge in [0.2, 0.25) is 0 Å². The Morgan fingerprint density at radius 3 is 2.31 bits per heavy atom. The first-order valence-corrected chi connectivity index (χ1v) is 10.8. The van der Waals surface area contributed by atoms with Crippen LogP contribution in [0.1, 0.15) is 31.1 Å². The van der Waals surface area contributed by atoms with E-state index in [2.05, 4.69) is 4.90 Å². The van der Waals surface area contributed by atoms with Crippen molar-refractivity contribution in [3.63, 3.8) is 0 Å². The molecule has 0 atom stereocenters. The molecule has 172 valence electrons. The van der Waals surface area contributed by atoms with E-state index in [9.17, 15) is 9.59 Å². The number of hydrogen-bond acceptors (Lipinski definition) is 6. The Kier molecular flexibility index (Phi) is 6.96. The lowest BCUT2D eigenvalue weighted by Gasteiger charge is -2.37. The molecule has 0 spiro atoms. The van der Waals surface area contributed by atoms with Crippen molar-refractivity contribution in [1.82, 2.24) is 9.80 Å². The van der Waals surface area contributed by atoms with Crippen LogP contribution in [0.2, 0.25) is 0 Å². The molecule has 0 radical (unpaired) electrons. The molecule has 32 heavy (non-hydrogen) atoms. The zero-order chi connectivity index (χ0) is 23.5. The molecule has 7 heteroatoms. The van der Waals surface area contributed by atoms with E-state index in [1.165, 1.54) is 0 Å². The van der Waals surface area contributed by atoms with Gasteiger partial charge in [-0.05, 0) is 50.4 Å². The van der Waals surface area contributed by atoms with Gasteiger partial charge in [0.15, 0.2) is 5.78 Å². The summed E-state index contributed by atoms with van der Waals surface area (Å²) >= 11 is 0. The number of carbonyl (C=O) groups is 2. The van der Waals surface area contributed by atoms with E-state index < -0.39 is 5.60 Å². The summed E-state index contributed by atoms with van der Waals surface area (Å²) in [6.45, 7) is 8.02. The minimum atomic E-state index is -0.518. The van der Waals surface area contributed by atoms with Gasteiger partial charge in [0.1, 0.15) is 11.4 Å². The highest BCUT2D eigenvalue weighted by Crippen LogP contribution is 2.33. The summed E-state index contributed by atoms with van der Waals surface area (Å²) in [5.74, 6) is 0.711. The van der Waals surface area contributed by atoms with Gasteiger partial charge in [-0.25, -0.2) is 4.79 Å². The number of fused-ring (bicyclic) bond motifs is 1. The van der Waals surface area contributed by atoms with Crippen molar-refractivity contribution in [2.45, 2.75) is 26.4 Å². The van der Waals surface area contributed by atoms with E-state index in [0.29, 0.717) is 31.7 Å². The average Bonchev–Trinajstić information content (AvgIpc) is 2.75. The Bertz CT molecular complexity index is 1020. The van der Waals surface area contributed by atoms with Crippen molar-refractivity contribution in [1.29, 1.82) is 0 Å². The topological polar surface area (TPSA) is 62.3 Å². The van der Waals surface area contributed by atoms with Gasteiger partial charge in [-0.2, -0.15) is 0 Å². The second-order valence-electron chi connectivity index (χ2n) is 9.18. The molecule has 0 saturated carbocycles. The summed E-state index contributed by atoms with van der Waals surface area (Å²) in [5.41, 5.74) is 1.08. The number of carbonyl (C=O) groups excluding carboxylic acids is 2. The summed E-state index contributed by atoms with van der Waals surface area (Å²) < 4.78 is 10.9. The zero-order valence-corrected chi connectivity index (χ0v) is 19.8. The minimum Gasteiger partial charge on any atom is -0.497 e. The Hall–Kier alpha value is -3.22.